The van der Waals surface area contributed by atoms with Crippen molar-refractivity contribution in [3.05, 3.63) is 102 Å². The molecule has 6 nitrogen and oxygen atoms in total. The Morgan fingerprint density at radius 2 is 1.37 bits per heavy atom. The van der Waals surface area contributed by atoms with Gasteiger partial charge >= 0.3 is 0 Å². The van der Waals surface area contributed by atoms with Crippen LogP contribution >= 0.6 is 0 Å². The molecular weight excluding hydrogens is 579 g/mol. The molecule has 4 aromatic rings. The highest BCUT2D eigenvalue weighted by Gasteiger charge is 2.31. The molecule has 1 aromatic heterocycles. The van der Waals surface area contributed by atoms with Crippen molar-refractivity contribution in [1.29, 1.82) is 0 Å². The Bertz CT molecular complexity index is 1480. The number of anilines is 1. The molecular formula is C39H51FN2O4. The number of benzene rings is 3. The van der Waals surface area contributed by atoms with Gasteiger partial charge in [0.15, 0.2) is 0 Å². The molecule has 2 unspecified atom stereocenters. The first-order valence-corrected chi connectivity index (χ1v) is 16.4. The van der Waals surface area contributed by atoms with Crippen molar-refractivity contribution in [2.24, 2.45) is 0 Å². The number of aliphatic hydroxyl groups excluding tert-OH is 2. The molecule has 4 rings (SSSR count). The number of aromatic nitrogens is 1. The van der Waals surface area contributed by atoms with Crippen molar-refractivity contribution < 1.29 is 24.2 Å². The second-order valence-corrected chi connectivity index (χ2v) is 11.4. The number of carbonyl (C=O) groups excluding carboxylic acids is 2. The molecule has 3 N–H and O–H groups in total. The number of amides is 1. The van der Waals surface area contributed by atoms with Crippen molar-refractivity contribution in [2.45, 2.75) is 98.8 Å². The van der Waals surface area contributed by atoms with Crippen LogP contribution in [0, 0.1) is 5.82 Å². The molecule has 248 valence electrons. The first-order chi connectivity index (χ1) is 22.1. The summed E-state index contributed by atoms with van der Waals surface area (Å²) < 4.78 is 16.1. The lowest BCUT2D eigenvalue weighted by Gasteiger charge is -2.20. The molecule has 46 heavy (non-hydrogen) atoms. The van der Waals surface area contributed by atoms with Crippen LogP contribution in [-0.2, 0) is 11.3 Å². The molecule has 2 atom stereocenters. The summed E-state index contributed by atoms with van der Waals surface area (Å²) in [6, 6.07) is 25.1. The number of Topliss-reactive ketones (excluding diaryl/α,β-unsaturated/α-hetero) is 1. The Labute approximate surface area is 274 Å². The Morgan fingerprint density at radius 3 is 1.89 bits per heavy atom. The fourth-order valence-electron chi connectivity index (χ4n) is 5.33. The van der Waals surface area contributed by atoms with E-state index >= 15 is 0 Å². The van der Waals surface area contributed by atoms with Crippen molar-refractivity contribution in [2.75, 3.05) is 5.32 Å². The fourth-order valence-corrected chi connectivity index (χ4v) is 5.33. The number of nitrogens with one attached hydrogen (secondary N) is 1. The summed E-state index contributed by atoms with van der Waals surface area (Å²) in [5, 5.41) is 24.1. The zero-order chi connectivity index (χ0) is 34.2. The largest absolute Gasteiger partial charge is 0.393 e. The number of hydrogen-bond donors (Lipinski definition) is 3. The molecule has 0 aliphatic heterocycles. The van der Waals surface area contributed by atoms with Gasteiger partial charge in [0.25, 0.3) is 5.91 Å². The topological polar surface area (TPSA) is 91.6 Å². The molecule has 0 bridgehead atoms. The van der Waals surface area contributed by atoms with Crippen molar-refractivity contribution in [1.82, 2.24) is 4.57 Å². The number of rotatable bonds is 12. The maximum atomic E-state index is 14.1. The first-order valence-electron chi connectivity index (χ1n) is 16.4. The van der Waals surface area contributed by atoms with E-state index < -0.39 is 12.2 Å². The monoisotopic (exact) mass is 630 g/mol. The molecule has 1 heterocycles. The van der Waals surface area contributed by atoms with Crippen molar-refractivity contribution >= 4 is 17.4 Å². The summed E-state index contributed by atoms with van der Waals surface area (Å²) in [5.74, 6) is -0.853. The minimum absolute atomic E-state index is 0.0133. The molecule has 0 radical (unpaired) electrons. The zero-order valence-corrected chi connectivity index (χ0v) is 28.4. The maximum Gasteiger partial charge on any atom is 0.258 e. The predicted molar refractivity (Wildman–Crippen MR) is 188 cm³/mol. The van der Waals surface area contributed by atoms with E-state index in [0.717, 1.165) is 28.1 Å². The smallest absolute Gasteiger partial charge is 0.258 e. The van der Waals surface area contributed by atoms with Crippen molar-refractivity contribution in [3.63, 3.8) is 0 Å². The minimum Gasteiger partial charge on any atom is -0.393 e. The van der Waals surface area contributed by atoms with Crippen LogP contribution < -0.4 is 5.32 Å². The highest BCUT2D eigenvalue weighted by molar-refractivity contribution is 6.12. The lowest BCUT2D eigenvalue weighted by Crippen LogP contribution is -2.22. The van der Waals surface area contributed by atoms with Gasteiger partial charge in [-0.15, -0.1) is 0 Å². The third-order valence-electron chi connectivity index (χ3n) is 7.04. The van der Waals surface area contributed by atoms with Crippen LogP contribution in [0.5, 0.6) is 0 Å². The van der Waals surface area contributed by atoms with Gasteiger partial charge in [-0.1, -0.05) is 96.5 Å². The van der Waals surface area contributed by atoms with E-state index in [-0.39, 0.29) is 42.7 Å². The van der Waals surface area contributed by atoms with E-state index in [2.05, 4.69) is 19.2 Å². The molecule has 0 saturated carbocycles. The van der Waals surface area contributed by atoms with Crippen LogP contribution in [0.1, 0.15) is 96.1 Å². The van der Waals surface area contributed by atoms with Crippen LogP contribution in [0.2, 0.25) is 0 Å². The molecule has 0 spiro atoms. The van der Waals surface area contributed by atoms with Gasteiger partial charge in [-0.3, -0.25) is 9.59 Å². The number of para-hydroxylation sites is 1. The summed E-state index contributed by atoms with van der Waals surface area (Å²) in [6.07, 6.45) is -0.210. The van der Waals surface area contributed by atoms with Crippen LogP contribution in [-0.4, -0.2) is 38.7 Å². The van der Waals surface area contributed by atoms with Gasteiger partial charge in [0.05, 0.1) is 23.5 Å². The summed E-state index contributed by atoms with van der Waals surface area (Å²) in [4.78, 5) is 25.5. The second-order valence-electron chi connectivity index (χ2n) is 11.4. The third-order valence-corrected chi connectivity index (χ3v) is 7.04. The van der Waals surface area contributed by atoms with Crippen LogP contribution in [0.4, 0.5) is 10.1 Å². The number of halogens is 1. The Hall–Kier alpha value is -4.07. The minimum atomic E-state index is -0.930. The molecule has 1 amide bonds. The SMILES string of the molecule is CC.CC(=O)CC(O)CC(O)CCn1c(-c2ccc(F)cc2)c(-c2ccccc2)c(C(=O)Nc2ccccc2)c1C(C)C.CCC. The van der Waals surface area contributed by atoms with Crippen LogP contribution in [0.15, 0.2) is 84.9 Å². The highest BCUT2D eigenvalue weighted by atomic mass is 19.1. The Morgan fingerprint density at radius 1 is 0.826 bits per heavy atom. The standard InChI is InChI=1S/C34H37FN2O4.C3H8.C2H6/c1-22(2)32-31(34(41)36-27-12-8-5-9-13-27)30(24-10-6-4-7-11-24)33(25-14-16-26(35)17-15-25)37(32)19-18-28(39)21-29(40)20-23(3)38;1-3-2;1-2/h4-17,22,28-29,39-40H,18-21H2,1-3H3,(H,36,41);3H2,1-2H3;1-2H3. The average Bonchev–Trinajstić information content (AvgIpc) is 3.38. The van der Waals surface area contributed by atoms with E-state index in [0.29, 0.717) is 17.8 Å². The fraction of sp³-hybridized carbons (Fsp3) is 0.385. The lowest BCUT2D eigenvalue weighted by atomic mass is 9.94. The third kappa shape index (κ3) is 10.8. The molecule has 7 heteroatoms. The van der Waals surface area contributed by atoms with Gasteiger partial charge in [-0.05, 0) is 73.2 Å². The first kappa shape index (κ1) is 38.1. The average molecular weight is 631 g/mol. The Balaban J connectivity index is 0.00000139. The van der Waals surface area contributed by atoms with Gasteiger partial charge in [0, 0.05) is 29.9 Å². The molecule has 0 fully saturated rings. The van der Waals surface area contributed by atoms with Gasteiger partial charge in [-0.25, -0.2) is 4.39 Å². The molecule has 0 saturated heterocycles. The summed E-state index contributed by atoms with van der Waals surface area (Å²) in [7, 11) is 0. The van der Waals surface area contributed by atoms with E-state index in [1.54, 1.807) is 12.1 Å². The summed E-state index contributed by atoms with van der Waals surface area (Å²) in [6.45, 7) is 14.0. The summed E-state index contributed by atoms with van der Waals surface area (Å²) >= 11 is 0. The van der Waals surface area contributed by atoms with Gasteiger partial charge in [0.1, 0.15) is 11.6 Å². The van der Waals surface area contributed by atoms with Gasteiger partial charge < -0.3 is 20.1 Å². The Kier molecular flexibility index (Phi) is 16.1. The van der Waals surface area contributed by atoms with Crippen molar-refractivity contribution in [3.8, 4) is 22.4 Å². The number of nitrogens with zero attached hydrogens (tertiary/aromatic N) is 1. The van der Waals surface area contributed by atoms with E-state index in [1.165, 1.54) is 25.5 Å². The number of ketones is 1. The van der Waals surface area contributed by atoms with Crippen LogP contribution in [0.3, 0.4) is 0 Å². The predicted octanol–water partition coefficient (Wildman–Crippen LogP) is 9.26. The second kappa shape index (κ2) is 19.4. The molecule has 0 aliphatic rings. The van der Waals surface area contributed by atoms with Gasteiger partial charge in [-0.2, -0.15) is 0 Å². The highest BCUT2D eigenvalue weighted by Crippen LogP contribution is 2.42. The molecule has 3 aromatic carbocycles. The van der Waals surface area contributed by atoms with E-state index in [1.807, 2.05) is 92.9 Å². The zero-order valence-electron chi connectivity index (χ0n) is 28.4. The van der Waals surface area contributed by atoms with Gasteiger partial charge in [0.2, 0.25) is 0 Å². The van der Waals surface area contributed by atoms with Crippen LogP contribution in [0.25, 0.3) is 22.4 Å². The quantitative estimate of drug-likeness (QED) is 0.146. The maximum absolute atomic E-state index is 14.1. The number of aliphatic hydroxyl groups is 2. The van der Waals surface area contributed by atoms with E-state index in [9.17, 15) is 24.2 Å². The van der Waals surface area contributed by atoms with E-state index in [4.69, 9.17) is 0 Å². The number of carbonyl (C=O) groups is 2. The summed E-state index contributed by atoms with van der Waals surface area (Å²) in [5.41, 5.74) is 5.00. The lowest BCUT2D eigenvalue weighted by molar-refractivity contribution is -0.119. The number of hydrogen-bond acceptors (Lipinski definition) is 4. The molecule has 0 aliphatic carbocycles. The normalized spacial score (nSPS) is 11.9.